The molecule has 0 unspecified atom stereocenters. The standard InChI is InChI=1S/C19H18N4O2S/c24-23(25)17-8-4-7-15(11-17)13-26-19-21-20-18(16-9-10-16)22(19)12-14-5-2-1-3-6-14/h1-8,11,16H,9-10,12-13H2. The summed E-state index contributed by atoms with van der Waals surface area (Å²) in [6, 6.07) is 17.0. The molecule has 0 N–H and O–H groups in total. The van der Waals surface area contributed by atoms with Crippen molar-refractivity contribution in [1.29, 1.82) is 0 Å². The summed E-state index contributed by atoms with van der Waals surface area (Å²) in [4.78, 5) is 10.6. The molecule has 0 spiro atoms. The highest BCUT2D eigenvalue weighted by Gasteiger charge is 2.30. The number of rotatable bonds is 7. The first-order chi connectivity index (χ1) is 12.7. The van der Waals surface area contributed by atoms with Gasteiger partial charge in [0.2, 0.25) is 0 Å². The molecule has 1 aliphatic carbocycles. The van der Waals surface area contributed by atoms with Crippen LogP contribution in [0.3, 0.4) is 0 Å². The lowest BCUT2D eigenvalue weighted by Gasteiger charge is -2.10. The first-order valence-corrected chi connectivity index (χ1v) is 9.52. The first kappa shape index (κ1) is 16.8. The van der Waals surface area contributed by atoms with Crippen molar-refractivity contribution in [2.75, 3.05) is 0 Å². The highest BCUT2D eigenvalue weighted by atomic mass is 32.2. The zero-order valence-electron chi connectivity index (χ0n) is 14.1. The molecule has 1 heterocycles. The van der Waals surface area contributed by atoms with E-state index < -0.39 is 0 Å². The fourth-order valence-electron chi connectivity index (χ4n) is 2.87. The van der Waals surface area contributed by atoms with Gasteiger partial charge in [0.05, 0.1) is 11.5 Å². The van der Waals surface area contributed by atoms with Crippen LogP contribution in [0.2, 0.25) is 0 Å². The molecule has 0 bridgehead atoms. The number of aromatic nitrogens is 3. The summed E-state index contributed by atoms with van der Waals surface area (Å²) in [7, 11) is 0. The molecule has 0 amide bonds. The van der Waals surface area contributed by atoms with Gasteiger partial charge in [0.15, 0.2) is 5.16 Å². The molecule has 1 saturated carbocycles. The number of non-ortho nitro benzene ring substituents is 1. The number of hydrogen-bond donors (Lipinski definition) is 0. The van der Waals surface area contributed by atoms with Crippen LogP contribution in [-0.2, 0) is 12.3 Å². The normalized spacial score (nSPS) is 13.7. The van der Waals surface area contributed by atoms with Gasteiger partial charge in [-0.1, -0.05) is 54.2 Å². The zero-order valence-corrected chi connectivity index (χ0v) is 14.9. The fourth-order valence-corrected chi connectivity index (χ4v) is 3.76. The van der Waals surface area contributed by atoms with Crippen molar-refractivity contribution in [3.05, 3.63) is 81.7 Å². The summed E-state index contributed by atoms with van der Waals surface area (Å²) in [5.74, 6) is 2.19. The monoisotopic (exact) mass is 366 g/mol. The van der Waals surface area contributed by atoms with E-state index in [9.17, 15) is 10.1 Å². The van der Waals surface area contributed by atoms with Crippen LogP contribution in [0.4, 0.5) is 5.69 Å². The van der Waals surface area contributed by atoms with Crippen LogP contribution in [0.1, 0.15) is 35.7 Å². The van der Waals surface area contributed by atoms with Gasteiger partial charge in [0.25, 0.3) is 5.69 Å². The SMILES string of the molecule is O=[N+]([O-])c1cccc(CSc2nnc(C3CC3)n2Cc2ccccc2)c1. The predicted molar refractivity (Wildman–Crippen MR) is 100 cm³/mol. The molecule has 26 heavy (non-hydrogen) atoms. The van der Waals surface area contributed by atoms with E-state index >= 15 is 0 Å². The van der Waals surface area contributed by atoms with Gasteiger partial charge in [-0.25, -0.2) is 0 Å². The molecule has 2 aromatic carbocycles. The lowest BCUT2D eigenvalue weighted by Crippen LogP contribution is -2.06. The van der Waals surface area contributed by atoms with Crippen LogP contribution in [0, 0.1) is 10.1 Å². The molecule has 7 heteroatoms. The maximum Gasteiger partial charge on any atom is 0.269 e. The fraction of sp³-hybridized carbons (Fsp3) is 0.263. The quantitative estimate of drug-likeness (QED) is 0.352. The topological polar surface area (TPSA) is 73.8 Å². The molecule has 6 nitrogen and oxygen atoms in total. The van der Waals surface area contributed by atoms with E-state index in [2.05, 4.69) is 26.9 Å². The largest absolute Gasteiger partial charge is 0.301 e. The second kappa shape index (κ2) is 7.29. The molecule has 3 aromatic rings. The van der Waals surface area contributed by atoms with Crippen molar-refractivity contribution >= 4 is 17.4 Å². The Morgan fingerprint density at radius 2 is 1.85 bits per heavy atom. The third-order valence-corrected chi connectivity index (χ3v) is 5.40. The van der Waals surface area contributed by atoms with Crippen LogP contribution in [0.15, 0.2) is 59.8 Å². The number of nitrogens with zero attached hydrogens (tertiary/aromatic N) is 4. The molecule has 1 fully saturated rings. The maximum atomic E-state index is 10.9. The maximum absolute atomic E-state index is 10.9. The van der Waals surface area contributed by atoms with Gasteiger partial charge in [-0.3, -0.25) is 10.1 Å². The Morgan fingerprint density at radius 3 is 2.58 bits per heavy atom. The van der Waals surface area contributed by atoms with Crippen molar-refractivity contribution < 1.29 is 4.92 Å². The van der Waals surface area contributed by atoms with Crippen LogP contribution >= 0.6 is 11.8 Å². The van der Waals surface area contributed by atoms with Gasteiger partial charge in [-0.2, -0.15) is 0 Å². The molecule has 0 saturated heterocycles. The molecular weight excluding hydrogens is 348 g/mol. The van der Waals surface area contributed by atoms with E-state index in [1.54, 1.807) is 23.9 Å². The molecule has 132 valence electrons. The van der Waals surface area contributed by atoms with Crippen LogP contribution in [0.5, 0.6) is 0 Å². The van der Waals surface area contributed by atoms with Gasteiger partial charge >= 0.3 is 0 Å². The van der Waals surface area contributed by atoms with E-state index in [0.717, 1.165) is 23.1 Å². The zero-order chi connectivity index (χ0) is 17.9. The number of nitro benzene ring substituents is 1. The number of thioether (sulfide) groups is 1. The second-order valence-electron chi connectivity index (χ2n) is 6.40. The molecule has 1 aliphatic rings. The Morgan fingerprint density at radius 1 is 1.08 bits per heavy atom. The molecule has 0 radical (unpaired) electrons. The Hall–Kier alpha value is -2.67. The van der Waals surface area contributed by atoms with Gasteiger partial charge in [-0.05, 0) is 24.0 Å². The summed E-state index contributed by atoms with van der Waals surface area (Å²) in [5.41, 5.74) is 2.24. The van der Waals surface area contributed by atoms with Crippen molar-refractivity contribution in [3.8, 4) is 0 Å². The second-order valence-corrected chi connectivity index (χ2v) is 7.34. The predicted octanol–water partition coefficient (Wildman–Crippen LogP) is 4.40. The van der Waals surface area contributed by atoms with E-state index in [4.69, 9.17) is 0 Å². The van der Waals surface area contributed by atoms with Gasteiger partial charge in [-0.15, -0.1) is 10.2 Å². The van der Waals surface area contributed by atoms with Crippen molar-refractivity contribution in [3.63, 3.8) is 0 Å². The first-order valence-electron chi connectivity index (χ1n) is 8.54. The Kier molecular flexibility index (Phi) is 4.71. The summed E-state index contributed by atoms with van der Waals surface area (Å²) in [5, 5.41) is 20.6. The summed E-state index contributed by atoms with van der Waals surface area (Å²) < 4.78 is 2.19. The average Bonchev–Trinajstić information content (AvgIpc) is 3.43. The molecular formula is C19H18N4O2S. The van der Waals surface area contributed by atoms with Crippen molar-refractivity contribution in [2.24, 2.45) is 0 Å². The highest BCUT2D eigenvalue weighted by Crippen LogP contribution is 2.40. The van der Waals surface area contributed by atoms with Gasteiger partial charge in [0, 0.05) is 23.8 Å². The van der Waals surface area contributed by atoms with Gasteiger partial charge in [0.1, 0.15) is 5.82 Å². The molecule has 0 atom stereocenters. The van der Waals surface area contributed by atoms with Crippen LogP contribution in [-0.4, -0.2) is 19.7 Å². The lowest BCUT2D eigenvalue weighted by atomic mass is 10.2. The third-order valence-electron chi connectivity index (χ3n) is 4.36. The number of hydrogen-bond acceptors (Lipinski definition) is 5. The molecule has 0 aliphatic heterocycles. The number of benzene rings is 2. The van der Waals surface area contributed by atoms with E-state index in [-0.39, 0.29) is 10.6 Å². The van der Waals surface area contributed by atoms with E-state index in [0.29, 0.717) is 11.7 Å². The van der Waals surface area contributed by atoms with Crippen molar-refractivity contribution in [1.82, 2.24) is 14.8 Å². The Labute approximate surface area is 155 Å². The third kappa shape index (κ3) is 3.77. The van der Waals surface area contributed by atoms with E-state index in [1.165, 1.54) is 24.5 Å². The lowest BCUT2D eigenvalue weighted by molar-refractivity contribution is -0.384. The summed E-state index contributed by atoms with van der Waals surface area (Å²) in [6.45, 7) is 0.747. The van der Waals surface area contributed by atoms with Crippen LogP contribution in [0.25, 0.3) is 0 Å². The van der Waals surface area contributed by atoms with Crippen molar-refractivity contribution in [2.45, 2.75) is 36.2 Å². The Bertz CT molecular complexity index is 922. The minimum atomic E-state index is -0.364. The summed E-state index contributed by atoms with van der Waals surface area (Å²) >= 11 is 1.57. The van der Waals surface area contributed by atoms with E-state index in [1.807, 2.05) is 24.3 Å². The smallest absolute Gasteiger partial charge is 0.269 e. The minimum absolute atomic E-state index is 0.118. The van der Waals surface area contributed by atoms with Crippen LogP contribution < -0.4 is 0 Å². The highest BCUT2D eigenvalue weighted by molar-refractivity contribution is 7.98. The Balaban J connectivity index is 1.54. The minimum Gasteiger partial charge on any atom is -0.301 e. The average molecular weight is 366 g/mol. The van der Waals surface area contributed by atoms with Gasteiger partial charge < -0.3 is 4.57 Å². The number of nitro groups is 1. The summed E-state index contributed by atoms with van der Waals surface area (Å²) in [6.07, 6.45) is 2.34. The molecule has 1 aromatic heterocycles. The molecule has 4 rings (SSSR count).